The number of hydrogen-bond donors (Lipinski definition) is 1. The predicted molar refractivity (Wildman–Crippen MR) is 58.0 cm³/mol. The third kappa shape index (κ3) is 2.67. The number of hydrogen-bond acceptors (Lipinski definition) is 4. The van der Waals surface area contributed by atoms with Crippen LogP contribution in [0, 0.1) is 5.21 Å². The van der Waals surface area contributed by atoms with Gasteiger partial charge in [0.1, 0.15) is 0 Å². The van der Waals surface area contributed by atoms with E-state index in [1.54, 1.807) is 6.20 Å². The van der Waals surface area contributed by atoms with Gasteiger partial charge in [-0.3, -0.25) is 10.2 Å². The van der Waals surface area contributed by atoms with E-state index in [1.165, 1.54) is 11.3 Å². The molecule has 80 valence electrons. The van der Waals surface area contributed by atoms with Crippen LogP contribution in [0.25, 0.3) is 0 Å². The summed E-state index contributed by atoms with van der Waals surface area (Å²) in [5.74, 6) is 0. The van der Waals surface area contributed by atoms with Crippen molar-refractivity contribution < 1.29 is 4.73 Å². The largest absolute Gasteiger partial charge is 0.618 e. The van der Waals surface area contributed by atoms with Gasteiger partial charge in [0.05, 0.1) is 5.38 Å². The van der Waals surface area contributed by atoms with Crippen LogP contribution in [0.5, 0.6) is 0 Å². The maximum Gasteiger partial charge on any atom is 0.280 e. The normalized spacial score (nSPS) is 13.4. The quantitative estimate of drug-likeness (QED) is 0.451. The first-order valence-corrected chi connectivity index (χ1v) is 5.61. The Labute approximate surface area is 88.7 Å². The predicted octanol–water partition coefficient (Wildman–Crippen LogP) is 0.941. The Bertz CT molecular complexity index is 275. The maximum absolute atomic E-state index is 11.4. The monoisotopic (exact) mass is 215 g/mol. The molecule has 1 rings (SSSR count). The summed E-state index contributed by atoms with van der Waals surface area (Å²) in [4.78, 5) is 2.01. The van der Waals surface area contributed by atoms with Crippen LogP contribution >= 0.6 is 11.3 Å². The molecule has 0 amide bonds. The van der Waals surface area contributed by atoms with Gasteiger partial charge in [-0.1, -0.05) is 18.3 Å². The molecule has 0 radical (unpaired) electrons. The van der Waals surface area contributed by atoms with Gasteiger partial charge in [0, 0.05) is 0 Å². The lowest BCUT2D eigenvalue weighted by Crippen LogP contribution is -2.41. The van der Waals surface area contributed by atoms with Gasteiger partial charge >= 0.3 is 0 Å². The first-order chi connectivity index (χ1) is 6.66. The van der Waals surface area contributed by atoms with Crippen molar-refractivity contribution >= 4 is 11.3 Å². The summed E-state index contributed by atoms with van der Waals surface area (Å²) in [6, 6.07) is 0. The van der Waals surface area contributed by atoms with E-state index < -0.39 is 0 Å². The zero-order chi connectivity index (χ0) is 10.6. The Morgan fingerprint density at radius 1 is 1.64 bits per heavy atom. The number of aromatic nitrogens is 1. The zero-order valence-electron chi connectivity index (χ0n) is 8.86. The van der Waals surface area contributed by atoms with Crippen LogP contribution in [0.2, 0.25) is 0 Å². The van der Waals surface area contributed by atoms with Crippen LogP contribution in [0.4, 0.5) is 0 Å². The molecule has 14 heavy (non-hydrogen) atoms. The molecule has 0 aromatic carbocycles. The first-order valence-electron chi connectivity index (χ1n) is 4.73. The second-order valence-corrected chi connectivity index (χ2v) is 4.31. The molecule has 5 heteroatoms. The summed E-state index contributed by atoms with van der Waals surface area (Å²) in [6.45, 7) is 3.03. The van der Waals surface area contributed by atoms with Crippen LogP contribution in [0.3, 0.4) is 0 Å². The Morgan fingerprint density at radius 3 is 2.79 bits per heavy atom. The van der Waals surface area contributed by atoms with E-state index >= 15 is 0 Å². The molecule has 1 atom stereocenters. The first kappa shape index (κ1) is 11.4. The van der Waals surface area contributed by atoms with Crippen LogP contribution in [0.1, 0.15) is 24.5 Å². The molecule has 0 aliphatic carbocycles. The van der Waals surface area contributed by atoms with Crippen LogP contribution in [0.15, 0.2) is 11.6 Å². The molecule has 0 fully saturated rings. The SMILES string of the molecule is CCCNC(c1scc[n+]1[O-])N(C)C. The topological polar surface area (TPSA) is 42.2 Å². The van der Waals surface area contributed by atoms with Crippen LogP contribution < -0.4 is 10.0 Å². The summed E-state index contributed by atoms with van der Waals surface area (Å²) in [5, 5.41) is 17.3. The molecule has 0 aliphatic rings. The van der Waals surface area contributed by atoms with Crippen molar-refractivity contribution in [1.82, 2.24) is 10.2 Å². The fourth-order valence-corrected chi connectivity index (χ4v) is 2.14. The average molecular weight is 215 g/mol. The van der Waals surface area contributed by atoms with E-state index in [0.717, 1.165) is 22.7 Å². The number of rotatable bonds is 5. The van der Waals surface area contributed by atoms with Gasteiger partial charge in [-0.15, -0.1) is 0 Å². The third-order valence-electron chi connectivity index (χ3n) is 1.94. The van der Waals surface area contributed by atoms with Crippen LogP contribution in [-0.4, -0.2) is 25.5 Å². The fourth-order valence-electron chi connectivity index (χ4n) is 1.24. The summed E-state index contributed by atoms with van der Waals surface area (Å²) >= 11 is 1.48. The van der Waals surface area contributed by atoms with Gasteiger partial charge in [0.15, 0.2) is 12.4 Å². The summed E-state index contributed by atoms with van der Waals surface area (Å²) in [5.41, 5.74) is 0. The Balaban J connectivity index is 2.73. The Hall–Kier alpha value is -0.650. The molecule has 0 spiro atoms. The molecule has 0 saturated heterocycles. The minimum absolute atomic E-state index is 0.0208. The second-order valence-electron chi connectivity index (χ2n) is 3.39. The molecule has 1 N–H and O–H groups in total. The van der Waals surface area contributed by atoms with E-state index in [0.29, 0.717) is 0 Å². The van der Waals surface area contributed by atoms with Crippen molar-refractivity contribution in [2.75, 3.05) is 20.6 Å². The minimum Gasteiger partial charge on any atom is -0.618 e. The van der Waals surface area contributed by atoms with Crippen molar-refractivity contribution in [2.24, 2.45) is 0 Å². The van der Waals surface area contributed by atoms with Crippen molar-refractivity contribution in [3.8, 4) is 0 Å². The summed E-state index contributed by atoms with van der Waals surface area (Å²) < 4.78 is 0.929. The highest BCUT2D eigenvalue weighted by molar-refractivity contribution is 7.09. The van der Waals surface area contributed by atoms with E-state index in [4.69, 9.17) is 0 Å². The number of nitrogens with one attached hydrogen (secondary N) is 1. The van der Waals surface area contributed by atoms with Crippen molar-refractivity contribution in [3.63, 3.8) is 0 Å². The van der Waals surface area contributed by atoms with Gasteiger partial charge < -0.3 is 5.21 Å². The molecule has 1 unspecified atom stereocenters. The van der Waals surface area contributed by atoms with Gasteiger partial charge in [-0.05, 0) is 27.1 Å². The van der Waals surface area contributed by atoms with Crippen molar-refractivity contribution in [3.05, 3.63) is 21.8 Å². The van der Waals surface area contributed by atoms with Crippen molar-refractivity contribution in [1.29, 1.82) is 0 Å². The standard InChI is InChI=1S/C9H17N3OS/c1-4-5-10-8(11(2)3)9-12(13)6-7-14-9/h6-8,10H,4-5H2,1-3H3. The zero-order valence-corrected chi connectivity index (χ0v) is 9.67. The van der Waals surface area contributed by atoms with Gasteiger partial charge in [0.2, 0.25) is 0 Å². The average Bonchev–Trinajstić information content (AvgIpc) is 2.52. The van der Waals surface area contributed by atoms with E-state index in [2.05, 4.69) is 12.2 Å². The Kier molecular flexibility index (Phi) is 4.31. The second kappa shape index (κ2) is 5.29. The highest BCUT2D eigenvalue weighted by Crippen LogP contribution is 2.15. The molecule has 1 aromatic heterocycles. The minimum atomic E-state index is 0.0208. The van der Waals surface area contributed by atoms with Crippen LogP contribution in [-0.2, 0) is 0 Å². The number of nitrogens with zero attached hydrogens (tertiary/aromatic N) is 2. The lowest BCUT2D eigenvalue weighted by molar-refractivity contribution is -0.611. The summed E-state index contributed by atoms with van der Waals surface area (Å²) in [6.07, 6.45) is 2.63. The third-order valence-corrected chi connectivity index (χ3v) is 2.84. The molecule has 4 nitrogen and oxygen atoms in total. The maximum atomic E-state index is 11.4. The lowest BCUT2D eigenvalue weighted by atomic mass is 10.4. The lowest BCUT2D eigenvalue weighted by Gasteiger charge is -2.21. The summed E-state index contributed by atoms with van der Waals surface area (Å²) in [7, 11) is 3.93. The van der Waals surface area contributed by atoms with Gasteiger partial charge in [-0.25, -0.2) is 0 Å². The number of thiazole rings is 1. The fraction of sp³-hybridized carbons (Fsp3) is 0.667. The highest BCUT2D eigenvalue weighted by Gasteiger charge is 2.22. The smallest absolute Gasteiger partial charge is 0.280 e. The van der Waals surface area contributed by atoms with Gasteiger partial charge in [0.25, 0.3) is 5.01 Å². The molecule has 1 aromatic rings. The molecule has 0 aliphatic heterocycles. The molecule has 1 heterocycles. The van der Waals surface area contributed by atoms with E-state index in [-0.39, 0.29) is 6.17 Å². The molecule has 0 bridgehead atoms. The Morgan fingerprint density at radius 2 is 2.36 bits per heavy atom. The molecule has 0 saturated carbocycles. The van der Waals surface area contributed by atoms with Crippen molar-refractivity contribution in [2.45, 2.75) is 19.5 Å². The highest BCUT2D eigenvalue weighted by atomic mass is 32.1. The molecular formula is C9H17N3OS. The molecular weight excluding hydrogens is 198 g/mol. The van der Waals surface area contributed by atoms with E-state index in [1.807, 2.05) is 24.4 Å². The van der Waals surface area contributed by atoms with E-state index in [9.17, 15) is 5.21 Å². The van der Waals surface area contributed by atoms with Gasteiger partial charge in [-0.2, -0.15) is 4.73 Å².